The van der Waals surface area contributed by atoms with E-state index in [1.165, 1.54) is 6.08 Å². The molecule has 0 spiro atoms. The summed E-state index contributed by atoms with van der Waals surface area (Å²) in [6.07, 6.45) is 2.02. The van der Waals surface area contributed by atoms with Crippen molar-refractivity contribution >= 4 is 5.91 Å². The molecule has 4 heteroatoms. The average molecular weight is 271 g/mol. The molecule has 112 valence electrons. The van der Waals surface area contributed by atoms with E-state index in [1.807, 2.05) is 41.5 Å². The lowest BCUT2D eigenvalue weighted by atomic mass is 10.1. The minimum absolute atomic E-state index is 0.0477. The number of ether oxygens (including phenoxy) is 2. The topological polar surface area (TPSA) is 47.6 Å². The largest absolute Gasteiger partial charge is 0.376 e. The SMILES string of the molecule is C=CC(=O)NCC(C)OC(C)(C)CCOC(C)(C)C. The lowest BCUT2D eigenvalue weighted by Gasteiger charge is -2.30. The van der Waals surface area contributed by atoms with Gasteiger partial charge < -0.3 is 14.8 Å². The Morgan fingerprint density at radius 2 is 1.89 bits per heavy atom. The van der Waals surface area contributed by atoms with Gasteiger partial charge in [0.15, 0.2) is 0 Å². The summed E-state index contributed by atoms with van der Waals surface area (Å²) in [4.78, 5) is 11.1. The maximum absolute atomic E-state index is 11.1. The number of rotatable bonds is 8. The van der Waals surface area contributed by atoms with Crippen LogP contribution in [0.15, 0.2) is 12.7 Å². The standard InChI is InChI=1S/C15H29NO3/c1-8-13(17)16-11-12(2)19-15(6,7)9-10-18-14(3,4)5/h8,12H,1,9-11H2,2-7H3,(H,16,17). The Hall–Kier alpha value is -0.870. The molecule has 19 heavy (non-hydrogen) atoms. The molecule has 4 nitrogen and oxygen atoms in total. The Bertz CT molecular complexity index is 292. The summed E-state index contributed by atoms with van der Waals surface area (Å²) in [5, 5.41) is 2.72. The summed E-state index contributed by atoms with van der Waals surface area (Å²) in [5.41, 5.74) is -0.400. The van der Waals surface area contributed by atoms with Crippen LogP contribution < -0.4 is 5.32 Å². The summed E-state index contributed by atoms with van der Waals surface area (Å²) < 4.78 is 11.6. The third-order valence-electron chi connectivity index (χ3n) is 2.51. The second-order valence-corrected chi connectivity index (χ2v) is 6.35. The van der Waals surface area contributed by atoms with Crippen molar-refractivity contribution in [2.45, 2.75) is 65.3 Å². The minimum Gasteiger partial charge on any atom is -0.376 e. The van der Waals surface area contributed by atoms with Crippen LogP contribution in [0.5, 0.6) is 0 Å². The van der Waals surface area contributed by atoms with E-state index in [0.717, 1.165) is 6.42 Å². The zero-order chi connectivity index (χ0) is 15.1. The molecule has 1 atom stereocenters. The maximum Gasteiger partial charge on any atom is 0.243 e. The Morgan fingerprint density at radius 1 is 1.32 bits per heavy atom. The van der Waals surface area contributed by atoms with Crippen molar-refractivity contribution in [3.63, 3.8) is 0 Å². The van der Waals surface area contributed by atoms with Crippen molar-refractivity contribution in [1.82, 2.24) is 5.32 Å². The number of carbonyl (C=O) groups is 1. The van der Waals surface area contributed by atoms with E-state index in [9.17, 15) is 4.79 Å². The van der Waals surface area contributed by atoms with Crippen LogP contribution in [-0.4, -0.2) is 36.4 Å². The highest BCUT2D eigenvalue weighted by atomic mass is 16.5. The van der Waals surface area contributed by atoms with Gasteiger partial charge in [0.2, 0.25) is 5.91 Å². The van der Waals surface area contributed by atoms with Gasteiger partial charge >= 0.3 is 0 Å². The fourth-order valence-electron chi connectivity index (χ4n) is 1.56. The van der Waals surface area contributed by atoms with Gasteiger partial charge in [-0.15, -0.1) is 0 Å². The van der Waals surface area contributed by atoms with Crippen molar-refractivity contribution in [2.24, 2.45) is 0 Å². The van der Waals surface area contributed by atoms with Gasteiger partial charge in [-0.3, -0.25) is 4.79 Å². The first-order valence-electron chi connectivity index (χ1n) is 6.78. The second kappa shape index (κ2) is 7.65. The van der Waals surface area contributed by atoms with Gasteiger partial charge in [0.05, 0.1) is 17.3 Å². The van der Waals surface area contributed by atoms with Crippen molar-refractivity contribution in [3.8, 4) is 0 Å². The Morgan fingerprint density at radius 3 is 2.37 bits per heavy atom. The van der Waals surface area contributed by atoms with Crippen molar-refractivity contribution in [2.75, 3.05) is 13.2 Å². The van der Waals surface area contributed by atoms with E-state index in [1.54, 1.807) is 0 Å². The van der Waals surface area contributed by atoms with Gasteiger partial charge in [0.25, 0.3) is 0 Å². The first-order valence-corrected chi connectivity index (χ1v) is 6.78. The normalized spacial score (nSPS) is 14.0. The van der Waals surface area contributed by atoms with Crippen LogP contribution in [0.1, 0.15) is 48.0 Å². The highest BCUT2D eigenvalue weighted by molar-refractivity contribution is 5.86. The van der Waals surface area contributed by atoms with Crippen LogP contribution in [0.3, 0.4) is 0 Å². The van der Waals surface area contributed by atoms with E-state index in [4.69, 9.17) is 9.47 Å². The molecule has 0 aromatic rings. The van der Waals surface area contributed by atoms with E-state index >= 15 is 0 Å². The molecule has 0 radical (unpaired) electrons. The molecule has 0 aromatic carbocycles. The zero-order valence-corrected chi connectivity index (χ0v) is 13.2. The average Bonchev–Trinajstić information content (AvgIpc) is 2.22. The van der Waals surface area contributed by atoms with Crippen LogP contribution in [0, 0.1) is 0 Å². The predicted molar refractivity (Wildman–Crippen MR) is 78.2 cm³/mol. The van der Waals surface area contributed by atoms with Gasteiger partial charge in [-0.1, -0.05) is 6.58 Å². The lowest BCUT2D eigenvalue weighted by Crippen LogP contribution is -2.38. The molecule has 0 aliphatic carbocycles. The molecule has 0 fully saturated rings. The molecule has 0 rings (SSSR count). The third kappa shape index (κ3) is 10.7. The minimum atomic E-state index is -0.274. The summed E-state index contributed by atoms with van der Waals surface area (Å²) in [6, 6.07) is 0. The number of hydrogen-bond acceptors (Lipinski definition) is 3. The Kier molecular flexibility index (Phi) is 7.30. The van der Waals surface area contributed by atoms with E-state index in [2.05, 4.69) is 11.9 Å². The second-order valence-electron chi connectivity index (χ2n) is 6.35. The lowest BCUT2D eigenvalue weighted by molar-refractivity contribution is -0.119. The zero-order valence-electron chi connectivity index (χ0n) is 13.2. The summed E-state index contributed by atoms with van der Waals surface area (Å²) >= 11 is 0. The molecule has 0 aromatic heterocycles. The van der Waals surface area contributed by atoms with Gasteiger partial charge in [-0.05, 0) is 54.0 Å². The van der Waals surface area contributed by atoms with E-state index in [-0.39, 0.29) is 23.2 Å². The molecule has 0 heterocycles. The van der Waals surface area contributed by atoms with Crippen molar-refractivity contribution in [3.05, 3.63) is 12.7 Å². The number of nitrogens with one attached hydrogen (secondary N) is 1. The highest BCUT2D eigenvalue weighted by Crippen LogP contribution is 2.18. The number of hydrogen-bond donors (Lipinski definition) is 1. The highest BCUT2D eigenvalue weighted by Gasteiger charge is 2.22. The molecule has 0 bridgehead atoms. The van der Waals surface area contributed by atoms with Crippen LogP contribution in [0.4, 0.5) is 0 Å². The molecule has 0 aliphatic heterocycles. The van der Waals surface area contributed by atoms with Crippen LogP contribution >= 0.6 is 0 Å². The molecule has 1 unspecified atom stereocenters. The Balaban J connectivity index is 3.99. The molecular formula is C15H29NO3. The first kappa shape index (κ1) is 18.1. The van der Waals surface area contributed by atoms with Gasteiger partial charge in [-0.25, -0.2) is 0 Å². The fraction of sp³-hybridized carbons (Fsp3) is 0.800. The maximum atomic E-state index is 11.1. The smallest absolute Gasteiger partial charge is 0.243 e. The summed E-state index contributed by atoms with van der Waals surface area (Å²) in [5.74, 6) is -0.177. The first-order chi connectivity index (χ1) is 8.56. The molecule has 1 N–H and O–H groups in total. The van der Waals surface area contributed by atoms with E-state index < -0.39 is 0 Å². The molecule has 0 saturated carbocycles. The molecule has 1 amide bonds. The van der Waals surface area contributed by atoms with E-state index in [0.29, 0.717) is 13.2 Å². The molecule has 0 aliphatic rings. The van der Waals surface area contributed by atoms with Gasteiger partial charge in [0, 0.05) is 13.2 Å². The molecule has 0 saturated heterocycles. The van der Waals surface area contributed by atoms with Crippen molar-refractivity contribution < 1.29 is 14.3 Å². The predicted octanol–water partition coefficient (Wildman–Crippen LogP) is 2.68. The van der Waals surface area contributed by atoms with Crippen LogP contribution in [0.2, 0.25) is 0 Å². The van der Waals surface area contributed by atoms with Crippen LogP contribution in [0.25, 0.3) is 0 Å². The number of amides is 1. The summed E-state index contributed by atoms with van der Waals surface area (Å²) in [7, 11) is 0. The van der Waals surface area contributed by atoms with Gasteiger partial charge in [-0.2, -0.15) is 0 Å². The molecular weight excluding hydrogens is 242 g/mol. The Labute approximate surface area is 117 Å². The summed E-state index contributed by atoms with van der Waals surface area (Å²) in [6.45, 7) is 16.7. The van der Waals surface area contributed by atoms with Crippen molar-refractivity contribution in [1.29, 1.82) is 0 Å². The number of carbonyl (C=O) groups excluding carboxylic acids is 1. The quantitative estimate of drug-likeness (QED) is 0.690. The van der Waals surface area contributed by atoms with Gasteiger partial charge in [0.1, 0.15) is 0 Å². The monoisotopic (exact) mass is 271 g/mol. The third-order valence-corrected chi connectivity index (χ3v) is 2.51. The van der Waals surface area contributed by atoms with Crippen LogP contribution in [-0.2, 0) is 14.3 Å². The fourth-order valence-corrected chi connectivity index (χ4v) is 1.56.